The molecule has 1 saturated heterocycles. The van der Waals surface area contributed by atoms with Gasteiger partial charge in [0.25, 0.3) is 0 Å². The number of anilines is 1. The second-order valence-electron chi connectivity index (χ2n) is 5.37. The van der Waals surface area contributed by atoms with Crippen LogP contribution in [-0.4, -0.2) is 34.2 Å². The van der Waals surface area contributed by atoms with E-state index in [1.54, 1.807) is 0 Å². The van der Waals surface area contributed by atoms with Crippen LogP contribution in [0.3, 0.4) is 0 Å². The first kappa shape index (κ1) is 14.6. The first-order chi connectivity index (χ1) is 10.4. The van der Waals surface area contributed by atoms with Crippen molar-refractivity contribution < 1.29 is 14.4 Å². The Hall–Kier alpha value is -2.28. The molecule has 114 valence electrons. The van der Waals surface area contributed by atoms with E-state index in [4.69, 9.17) is 0 Å². The van der Waals surface area contributed by atoms with Gasteiger partial charge in [0.1, 0.15) is 6.54 Å². The van der Waals surface area contributed by atoms with Crippen LogP contribution in [0.15, 0.2) is 12.1 Å². The number of nitrogens with one attached hydrogen (secondary N) is 1. The number of nitrogens with zero attached hydrogens (tertiary/aromatic N) is 2. The zero-order chi connectivity index (χ0) is 15.9. The van der Waals surface area contributed by atoms with E-state index in [0.29, 0.717) is 5.13 Å². The molecule has 22 heavy (non-hydrogen) atoms. The van der Waals surface area contributed by atoms with Crippen molar-refractivity contribution in [2.24, 2.45) is 0 Å². The molecule has 0 saturated carbocycles. The SMILES string of the molecule is Cc1cc(C)c2nc(NC(=O)CN3C(=O)CCC3=O)sc2c1. The summed E-state index contributed by atoms with van der Waals surface area (Å²) in [5.41, 5.74) is 3.05. The summed E-state index contributed by atoms with van der Waals surface area (Å²) in [6, 6.07) is 4.05. The van der Waals surface area contributed by atoms with Crippen molar-refractivity contribution in [2.45, 2.75) is 26.7 Å². The largest absolute Gasteiger partial charge is 0.300 e. The highest BCUT2D eigenvalue weighted by Gasteiger charge is 2.30. The number of hydrogen-bond acceptors (Lipinski definition) is 5. The lowest BCUT2D eigenvalue weighted by atomic mass is 10.1. The Morgan fingerprint density at radius 1 is 1.27 bits per heavy atom. The number of carbonyl (C=O) groups is 3. The van der Waals surface area contributed by atoms with Crippen LogP contribution in [0.1, 0.15) is 24.0 Å². The van der Waals surface area contributed by atoms with Gasteiger partial charge in [0, 0.05) is 12.8 Å². The zero-order valence-corrected chi connectivity index (χ0v) is 13.1. The number of carbonyl (C=O) groups excluding carboxylic acids is 3. The second kappa shape index (κ2) is 5.49. The molecule has 2 aromatic rings. The molecule has 1 aliphatic heterocycles. The highest BCUT2D eigenvalue weighted by atomic mass is 32.1. The van der Waals surface area contributed by atoms with Crippen molar-refractivity contribution >= 4 is 44.4 Å². The third-order valence-corrected chi connectivity index (χ3v) is 4.45. The van der Waals surface area contributed by atoms with E-state index < -0.39 is 5.91 Å². The Bertz CT molecular complexity index is 781. The van der Waals surface area contributed by atoms with Crippen LogP contribution >= 0.6 is 11.3 Å². The van der Waals surface area contributed by atoms with E-state index in [-0.39, 0.29) is 31.2 Å². The molecule has 1 N–H and O–H groups in total. The molecule has 0 unspecified atom stereocenters. The van der Waals surface area contributed by atoms with Gasteiger partial charge in [-0.05, 0) is 31.0 Å². The molecule has 3 amide bonds. The maximum Gasteiger partial charge on any atom is 0.246 e. The highest BCUT2D eigenvalue weighted by molar-refractivity contribution is 7.22. The molecule has 3 rings (SSSR count). The van der Waals surface area contributed by atoms with E-state index in [2.05, 4.69) is 10.3 Å². The van der Waals surface area contributed by atoms with Crippen LogP contribution in [0.5, 0.6) is 0 Å². The van der Waals surface area contributed by atoms with Crippen molar-refractivity contribution in [3.8, 4) is 0 Å². The molecule has 0 spiro atoms. The van der Waals surface area contributed by atoms with Gasteiger partial charge < -0.3 is 5.32 Å². The van der Waals surface area contributed by atoms with Crippen LogP contribution in [0, 0.1) is 13.8 Å². The summed E-state index contributed by atoms with van der Waals surface area (Å²) in [5.74, 6) is -0.996. The summed E-state index contributed by atoms with van der Waals surface area (Å²) in [6.07, 6.45) is 0.372. The minimum Gasteiger partial charge on any atom is -0.300 e. The summed E-state index contributed by atoms with van der Waals surface area (Å²) in [7, 11) is 0. The molecule has 6 nitrogen and oxygen atoms in total. The zero-order valence-electron chi connectivity index (χ0n) is 12.3. The number of rotatable bonds is 3. The lowest BCUT2D eigenvalue weighted by Crippen LogP contribution is -2.36. The number of amides is 3. The molecule has 1 aromatic heterocycles. The Labute approximate surface area is 131 Å². The number of imide groups is 1. The van der Waals surface area contributed by atoms with Crippen molar-refractivity contribution in [1.29, 1.82) is 0 Å². The Kier molecular flexibility index (Phi) is 3.66. The Morgan fingerprint density at radius 2 is 1.95 bits per heavy atom. The lowest BCUT2D eigenvalue weighted by molar-refractivity contribution is -0.141. The average molecular weight is 317 g/mol. The summed E-state index contributed by atoms with van der Waals surface area (Å²) >= 11 is 1.38. The summed E-state index contributed by atoms with van der Waals surface area (Å²) in [6.45, 7) is 3.74. The van der Waals surface area contributed by atoms with Gasteiger partial charge in [-0.3, -0.25) is 19.3 Å². The minimum atomic E-state index is -0.406. The van der Waals surface area contributed by atoms with E-state index >= 15 is 0 Å². The molecule has 1 fully saturated rings. The van der Waals surface area contributed by atoms with Gasteiger partial charge in [-0.15, -0.1) is 0 Å². The molecule has 1 aromatic carbocycles. The van der Waals surface area contributed by atoms with E-state index in [1.165, 1.54) is 11.3 Å². The molecule has 1 aliphatic rings. The lowest BCUT2D eigenvalue weighted by Gasteiger charge is -2.12. The molecule has 0 atom stereocenters. The summed E-state index contributed by atoms with van der Waals surface area (Å²) in [4.78, 5) is 40.4. The summed E-state index contributed by atoms with van der Waals surface area (Å²) in [5, 5.41) is 3.15. The van der Waals surface area contributed by atoms with Crippen molar-refractivity contribution in [3.63, 3.8) is 0 Å². The first-order valence-electron chi connectivity index (χ1n) is 6.95. The van der Waals surface area contributed by atoms with Crippen molar-refractivity contribution in [3.05, 3.63) is 23.3 Å². The van der Waals surface area contributed by atoms with Gasteiger partial charge >= 0.3 is 0 Å². The molecule has 0 radical (unpaired) electrons. The van der Waals surface area contributed by atoms with Gasteiger partial charge in [-0.2, -0.15) is 0 Å². The van der Waals surface area contributed by atoms with Gasteiger partial charge in [0.2, 0.25) is 17.7 Å². The van der Waals surface area contributed by atoms with Crippen LogP contribution in [0.4, 0.5) is 5.13 Å². The monoisotopic (exact) mass is 317 g/mol. The minimum absolute atomic E-state index is 0.186. The Balaban J connectivity index is 1.75. The molecular weight excluding hydrogens is 302 g/mol. The number of fused-ring (bicyclic) bond motifs is 1. The van der Waals surface area contributed by atoms with E-state index in [0.717, 1.165) is 26.2 Å². The van der Waals surface area contributed by atoms with Gasteiger partial charge in [0.15, 0.2) is 5.13 Å². The van der Waals surface area contributed by atoms with Gasteiger partial charge in [-0.25, -0.2) is 4.98 Å². The maximum atomic E-state index is 12.0. The molecule has 0 bridgehead atoms. The van der Waals surface area contributed by atoms with Crippen LogP contribution in [0.2, 0.25) is 0 Å². The van der Waals surface area contributed by atoms with Gasteiger partial charge in [0.05, 0.1) is 10.2 Å². The molecular formula is C15H15N3O3S. The normalized spacial score (nSPS) is 14.9. The van der Waals surface area contributed by atoms with E-state index in [1.807, 2.05) is 26.0 Å². The molecule has 7 heteroatoms. The van der Waals surface area contributed by atoms with E-state index in [9.17, 15) is 14.4 Å². The first-order valence-corrected chi connectivity index (χ1v) is 7.76. The molecule has 2 heterocycles. The number of aryl methyl sites for hydroxylation is 2. The standard InChI is InChI=1S/C15H15N3O3S/c1-8-5-9(2)14-10(6-8)22-15(17-14)16-11(19)7-18-12(20)3-4-13(18)21/h5-6H,3-4,7H2,1-2H3,(H,16,17,19). The Morgan fingerprint density at radius 3 is 2.64 bits per heavy atom. The quantitative estimate of drug-likeness (QED) is 0.878. The fourth-order valence-corrected chi connectivity index (χ4v) is 3.58. The van der Waals surface area contributed by atoms with Crippen LogP contribution in [0.25, 0.3) is 10.2 Å². The fourth-order valence-electron chi connectivity index (χ4n) is 2.53. The second-order valence-corrected chi connectivity index (χ2v) is 6.40. The summed E-state index contributed by atoms with van der Waals surface area (Å²) < 4.78 is 1.00. The topological polar surface area (TPSA) is 79.4 Å². The number of hydrogen-bond donors (Lipinski definition) is 1. The number of thiazole rings is 1. The van der Waals surface area contributed by atoms with Gasteiger partial charge in [-0.1, -0.05) is 17.4 Å². The van der Waals surface area contributed by atoms with Crippen molar-refractivity contribution in [2.75, 3.05) is 11.9 Å². The highest BCUT2D eigenvalue weighted by Crippen LogP contribution is 2.29. The predicted molar refractivity (Wildman–Crippen MR) is 83.7 cm³/mol. The van der Waals surface area contributed by atoms with Crippen LogP contribution < -0.4 is 5.32 Å². The average Bonchev–Trinajstić information content (AvgIpc) is 2.96. The van der Waals surface area contributed by atoms with Crippen LogP contribution in [-0.2, 0) is 14.4 Å². The third kappa shape index (κ3) is 2.71. The number of aromatic nitrogens is 1. The third-order valence-electron chi connectivity index (χ3n) is 3.53. The maximum absolute atomic E-state index is 12.0. The fraction of sp³-hybridized carbons (Fsp3) is 0.333. The number of benzene rings is 1. The number of likely N-dealkylation sites (tertiary alicyclic amines) is 1. The van der Waals surface area contributed by atoms with Crippen molar-refractivity contribution in [1.82, 2.24) is 9.88 Å². The smallest absolute Gasteiger partial charge is 0.246 e. The predicted octanol–water partition coefficient (Wildman–Crippen LogP) is 2.00. The molecule has 0 aliphatic carbocycles.